The highest BCUT2D eigenvalue weighted by Crippen LogP contribution is 2.25. The van der Waals surface area contributed by atoms with Gasteiger partial charge in [-0.2, -0.15) is 5.26 Å². The Morgan fingerprint density at radius 1 is 1.33 bits per heavy atom. The Morgan fingerprint density at radius 3 is 2.67 bits per heavy atom. The summed E-state index contributed by atoms with van der Waals surface area (Å²) in [5.74, 6) is 6.62. The number of hydrazine groups is 1. The molecule has 2 rings (SSSR count). The van der Waals surface area contributed by atoms with E-state index in [1.807, 2.05) is 13.0 Å². The van der Waals surface area contributed by atoms with E-state index in [1.165, 1.54) is 18.2 Å². The number of nitrogens with two attached hydrogens (primary N) is 1. The van der Waals surface area contributed by atoms with E-state index in [1.54, 1.807) is 6.92 Å². The zero-order chi connectivity index (χ0) is 15.4. The average molecular weight is 286 g/mol. The van der Waals surface area contributed by atoms with Crippen molar-refractivity contribution < 1.29 is 4.39 Å². The number of halogens is 1. The highest BCUT2D eigenvalue weighted by Gasteiger charge is 2.12. The van der Waals surface area contributed by atoms with E-state index in [-0.39, 0.29) is 5.56 Å². The summed E-state index contributed by atoms with van der Waals surface area (Å²) in [4.78, 5) is 8.63. The van der Waals surface area contributed by atoms with Crippen LogP contribution in [0.3, 0.4) is 0 Å². The zero-order valence-electron chi connectivity index (χ0n) is 11.7. The van der Waals surface area contributed by atoms with Gasteiger partial charge in [-0.25, -0.2) is 20.2 Å². The van der Waals surface area contributed by atoms with Gasteiger partial charge in [-0.3, -0.25) is 0 Å². The minimum absolute atomic E-state index is 0.202. The van der Waals surface area contributed by atoms with Gasteiger partial charge >= 0.3 is 0 Å². The van der Waals surface area contributed by atoms with E-state index in [0.29, 0.717) is 35.1 Å². The van der Waals surface area contributed by atoms with Gasteiger partial charge in [0.1, 0.15) is 29.3 Å². The lowest BCUT2D eigenvalue weighted by Crippen LogP contribution is -2.14. The Kier molecular flexibility index (Phi) is 4.30. The van der Waals surface area contributed by atoms with Gasteiger partial charge in [0, 0.05) is 12.0 Å². The maximum absolute atomic E-state index is 13.2. The zero-order valence-corrected chi connectivity index (χ0v) is 11.7. The van der Waals surface area contributed by atoms with E-state index in [2.05, 4.69) is 20.7 Å². The quantitative estimate of drug-likeness (QED) is 0.589. The summed E-state index contributed by atoms with van der Waals surface area (Å²) in [6, 6.07) is 5.89. The molecule has 0 unspecified atom stereocenters. The third-order valence-corrected chi connectivity index (χ3v) is 3.00. The summed E-state index contributed by atoms with van der Waals surface area (Å²) in [5.41, 5.74) is 3.91. The Morgan fingerprint density at radius 2 is 2.05 bits per heavy atom. The predicted octanol–water partition coefficient (Wildman–Crippen LogP) is 2.39. The molecule has 4 N–H and O–H groups in total. The van der Waals surface area contributed by atoms with Gasteiger partial charge in [-0.1, -0.05) is 6.92 Å². The number of aromatic nitrogens is 2. The highest BCUT2D eigenvalue weighted by molar-refractivity contribution is 5.69. The summed E-state index contributed by atoms with van der Waals surface area (Å²) in [6.07, 6.45) is 0.637. The van der Waals surface area contributed by atoms with Crippen molar-refractivity contribution in [2.45, 2.75) is 20.3 Å². The third-order valence-electron chi connectivity index (χ3n) is 3.00. The SMILES string of the molecule is CCc1nc(NN)c(C)c(Nc2ccc(F)cc2C#N)n1. The molecule has 0 saturated heterocycles. The molecule has 0 bridgehead atoms. The lowest BCUT2D eigenvalue weighted by molar-refractivity contribution is 0.627. The van der Waals surface area contributed by atoms with Crippen molar-refractivity contribution in [3.8, 4) is 6.07 Å². The van der Waals surface area contributed by atoms with E-state index in [9.17, 15) is 4.39 Å². The molecule has 0 atom stereocenters. The van der Waals surface area contributed by atoms with Crippen LogP contribution in [0.5, 0.6) is 0 Å². The Labute approximate surface area is 121 Å². The van der Waals surface area contributed by atoms with Crippen LogP contribution in [0.1, 0.15) is 23.9 Å². The molecule has 108 valence electrons. The molecule has 0 amide bonds. The highest BCUT2D eigenvalue weighted by atomic mass is 19.1. The monoisotopic (exact) mass is 286 g/mol. The molecule has 6 nitrogen and oxygen atoms in total. The number of aryl methyl sites for hydroxylation is 1. The van der Waals surface area contributed by atoms with E-state index < -0.39 is 5.82 Å². The molecule has 7 heteroatoms. The summed E-state index contributed by atoms with van der Waals surface area (Å²) in [7, 11) is 0. The van der Waals surface area contributed by atoms with Crippen LogP contribution >= 0.6 is 0 Å². The van der Waals surface area contributed by atoms with E-state index in [0.717, 1.165) is 0 Å². The Hall–Kier alpha value is -2.72. The summed E-state index contributed by atoms with van der Waals surface area (Å²) in [6.45, 7) is 3.72. The molecule has 1 aromatic carbocycles. The Balaban J connectivity index is 2.47. The smallest absolute Gasteiger partial charge is 0.148 e. The molecule has 1 aromatic heterocycles. The Bertz CT molecular complexity index is 707. The van der Waals surface area contributed by atoms with Crippen LogP contribution in [0.15, 0.2) is 18.2 Å². The first kappa shape index (κ1) is 14.7. The number of rotatable bonds is 4. The van der Waals surface area contributed by atoms with Gasteiger partial charge in [0.25, 0.3) is 0 Å². The summed E-state index contributed by atoms with van der Waals surface area (Å²) < 4.78 is 13.2. The number of nitrogens with one attached hydrogen (secondary N) is 2. The van der Waals surface area contributed by atoms with Crippen molar-refractivity contribution in [1.29, 1.82) is 5.26 Å². The van der Waals surface area contributed by atoms with Gasteiger partial charge in [0.15, 0.2) is 0 Å². The maximum atomic E-state index is 13.2. The second-order valence-corrected chi connectivity index (χ2v) is 4.39. The number of nitrogen functional groups attached to an aromatic ring is 1. The molecule has 0 aliphatic carbocycles. The van der Waals surface area contributed by atoms with Crippen LogP contribution < -0.4 is 16.6 Å². The number of hydrogen-bond donors (Lipinski definition) is 3. The normalized spacial score (nSPS) is 10.0. The molecule has 0 aliphatic rings. The fraction of sp³-hybridized carbons (Fsp3) is 0.214. The van der Waals surface area contributed by atoms with E-state index in [4.69, 9.17) is 11.1 Å². The van der Waals surface area contributed by atoms with Crippen LogP contribution in [0.4, 0.5) is 21.7 Å². The van der Waals surface area contributed by atoms with Crippen LogP contribution in [0.25, 0.3) is 0 Å². The molecule has 21 heavy (non-hydrogen) atoms. The first-order valence-electron chi connectivity index (χ1n) is 6.39. The molecule has 0 fully saturated rings. The molecular weight excluding hydrogens is 271 g/mol. The molecular formula is C14H15FN6. The van der Waals surface area contributed by atoms with Crippen molar-refractivity contribution in [2.24, 2.45) is 5.84 Å². The number of nitrogens with zero attached hydrogens (tertiary/aromatic N) is 3. The molecule has 2 aromatic rings. The standard InChI is InChI=1S/C14H15FN6/c1-3-12-19-13(8(2)14(20-12)21-17)18-11-5-4-10(15)6-9(11)7-16/h4-6H,3,17H2,1-2H3,(H2,18,19,20,21). The number of nitriles is 1. The molecule has 0 aliphatic heterocycles. The van der Waals surface area contributed by atoms with Crippen molar-refractivity contribution in [3.63, 3.8) is 0 Å². The van der Waals surface area contributed by atoms with Gasteiger partial charge < -0.3 is 10.7 Å². The van der Waals surface area contributed by atoms with Gasteiger partial charge in [-0.15, -0.1) is 0 Å². The second-order valence-electron chi connectivity index (χ2n) is 4.39. The number of anilines is 3. The van der Waals surface area contributed by atoms with Crippen molar-refractivity contribution in [2.75, 3.05) is 10.7 Å². The number of hydrogen-bond acceptors (Lipinski definition) is 6. The topological polar surface area (TPSA) is 99.6 Å². The lowest BCUT2D eigenvalue weighted by atomic mass is 10.2. The lowest BCUT2D eigenvalue weighted by Gasteiger charge is -2.14. The van der Waals surface area contributed by atoms with Crippen LogP contribution in [-0.2, 0) is 6.42 Å². The minimum atomic E-state index is -0.463. The summed E-state index contributed by atoms with van der Waals surface area (Å²) >= 11 is 0. The van der Waals surface area contributed by atoms with Crippen LogP contribution in [0.2, 0.25) is 0 Å². The first-order chi connectivity index (χ1) is 10.1. The van der Waals surface area contributed by atoms with Crippen molar-refractivity contribution in [3.05, 3.63) is 41.0 Å². The summed E-state index contributed by atoms with van der Waals surface area (Å²) in [5, 5.41) is 12.1. The fourth-order valence-electron chi connectivity index (χ4n) is 1.83. The van der Waals surface area contributed by atoms with Gasteiger partial charge in [-0.05, 0) is 25.1 Å². The fourth-order valence-corrected chi connectivity index (χ4v) is 1.83. The molecule has 0 radical (unpaired) electrons. The maximum Gasteiger partial charge on any atom is 0.148 e. The largest absolute Gasteiger partial charge is 0.339 e. The predicted molar refractivity (Wildman–Crippen MR) is 78.4 cm³/mol. The van der Waals surface area contributed by atoms with Gasteiger partial charge in [0.2, 0.25) is 0 Å². The van der Waals surface area contributed by atoms with Crippen molar-refractivity contribution >= 4 is 17.3 Å². The number of benzene rings is 1. The third kappa shape index (κ3) is 3.07. The van der Waals surface area contributed by atoms with E-state index >= 15 is 0 Å². The molecule has 0 saturated carbocycles. The second kappa shape index (κ2) is 6.15. The van der Waals surface area contributed by atoms with Crippen LogP contribution in [-0.4, -0.2) is 9.97 Å². The minimum Gasteiger partial charge on any atom is -0.339 e. The molecule has 0 spiro atoms. The van der Waals surface area contributed by atoms with Gasteiger partial charge in [0.05, 0.1) is 11.3 Å². The molecule has 1 heterocycles. The van der Waals surface area contributed by atoms with Crippen LogP contribution in [0, 0.1) is 24.1 Å². The average Bonchev–Trinajstić information content (AvgIpc) is 2.50. The van der Waals surface area contributed by atoms with Crippen molar-refractivity contribution in [1.82, 2.24) is 9.97 Å². The first-order valence-corrected chi connectivity index (χ1v) is 6.39.